The third-order valence-electron chi connectivity index (χ3n) is 2.93. The largest absolute Gasteiger partial charge is 0.478 e. The van der Waals surface area contributed by atoms with Crippen molar-refractivity contribution in [2.75, 3.05) is 11.9 Å². The second-order valence-electron chi connectivity index (χ2n) is 6.04. The molecule has 5 nitrogen and oxygen atoms in total. The molecular formula is C15H22N2O3. The van der Waals surface area contributed by atoms with Crippen molar-refractivity contribution in [1.29, 1.82) is 0 Å². The number of amides is 1. The topological polar surface area (TPSA) is 92.4 Å². The molecule has 4 N–H and O–H groups in total. The fraction of sp³-hybridized carbons (Fsp3) is 0.467. The maximum Gasteiger partial charge on any atom is 0.337 e. The van der Waals surface area contributed by atoms with Gasteiger partial charge in [0.05, 0.1) is 17.2 Å². The van der Waals surface area contributed by atoms with Gasteiger partial charge in [-0.1, -0.05) is 32.9 Å². The van der Waals surface area contributed by atoms with E-state index in [-0.39, 0.29) is 29.3 Å². The van der Waals surface area contributed by atoms with Crippen molar-refractivity contribution in [3.63, 3.8) is 0 Å². The molecule has 0 aliphatic carbocycles. The Morgan fingerprint density at radius 2 is 1.90 bits per heavy atom. The van der Waals surface area contributed by atoms with Crippen molar-refractivity contribution in [3.8, 4) is 0 Å². The molecule has 0 saturated heterocycles. The lowest BCUT2D eigenvalue weighted by molar-refractivity contribution is -0.120. The lowest BCUT2D eigenvalue weighted by atomic mass is 9.84. The van der Waals surface area contributed by atoms with Crippen LogP contribution >= 0.6 is 0 Å². The highest BCUT2D eigenvalue weighted by atomic mass is 16.4. The Labute approximate surface area is 119 Å². The highest BCUT2D eigenvalue weighted by Gasteiger charge is 2.24. The molecule has 0 aromatic heterocycles. The van der Waals surface area contributed by atoms with Crippen LogP contribution in [0.15, 0.2) is 24.3 Å². The minimum atomic E-state index is -1.07. The van der Waals surface area contributed by atoms with E-state index in [0.717, 1.165) is 0 Å². The SMILES string of the molecule is CC(C)(C)CC(CN)C(=O)Nc1ccccc1C(=O)O. The first-order valence-electron chi connectivity index (χ1n) is 6.58. The molecule has 1 unspecified atom stereocenters. The van der Waals surface area contributed by atoms with Crippen molar-refractivity contribution in [1.82, 2.24) is 0 Å². The minimum Gasteiger partial charge on any atom is -0.478 e. The van der Waals surface area contributed by atoms with Gasteiger partial charge in [-0.25, -0.2) is 4.79 Å². The minimum absolute atomic E-state index is 0.0201. The predicted octanol–water partition coefficient (Wildman–Crippen LogP) is 2.33. The number of carboxylic acid groups (broad SMARTS) is 1. The number of carbonyl (C=O) groups excluding carboxylic acids is 1. The van der Waals surface area contributed by atoms with Gasteiger partial charge in [-0.3, -0.25) is 4.79 Å². The van der Waals surface area contributed by atoms with Crippen LogP contribution in [0.25, 0.3) is 0 Å². The summed E-state index contributed by atoms with van der Waals surface area (Å²) in [7, 11) is 0. The van der Waals surface area contributed by atoms with Gasteiger partial charge in [0.25, 0.3) is 0 Å². The summed E-state index contributed by atoms with van der Waals surface area (Å²) in [6.07, 6.45) is 0.643. The van der Waals surface area contributed by atoms with E-state index in [0.29, 0.717) is 12.1 Å². The molecule has 1 aromatic carbocycles. The van der Waals surface area contributed by atoms with Gasteiger partial charge < -0.3 is 16.2 Å². The van der Waals surface area contributed by atoms with Crippen molar-refractivity contribution in [3.05, 3.63) is 29.8 Å². The van der Waals surface area contributed by atoms with E-state index in [2.05, 4.69) is 5.32 Å². The van der Waals surface area contributed by atoms with Crippen LogP contribution in [0.1, 0.15) is 37.6 Å². The van der Waals surface area contributed by atoms with Crippen LogP contribution in [0.4, 0.5) is 5.69 Å². The van der Waals surface area contributed by atoms with Crippen LogP contribution in [0.5, 0.6) is 0 Å². The predicted molar refractivity (Wildman–Crippen MR) is 78.6 cm³/mol. The molecule has 1 rings (SSSR count). The average molecular weight is 278 g/mol. The lowest BCUT2D eigenvalue weighted by Gasteiger charge is -2.24. The fourth-order valence-corrected chi connectivity index (χ4v) is 2.04. The number of carboxylic acids is 1. The van der Waals surface area contributed by atoms with Gasteiger partial charge in [-0.2, -0.15) is 0 Å². The number of aromatic carboxylic acids is 1. The summed E-state index contributed by atoms with van der Waals surface area (Å²) in [5.41, 5.74) is 6.01. The van der Waals surface area contributed by atoms with E-state index >= 15 is 0 Å². The molecule has 1 atom stereocenters. The van der Waals surface area contributed by atoms with Crippen molar-refractivity contribution in [2.24, 2.45) is 17.1 Å². The van der Waals surface area contributed by atoms with Gasteiger partial charge >= 0.3 is 5.97 Å². The molecule has 0 saturated carbocycles. The van der Waals surface area contributed by atoms with Gasteiger partial charge in [-0.05, 0) is 24.0 Å². The summed E-state index contributed by atoms with van der Waals surface area (Å²) >= 11 is 0. The van der Waals surface area contributed by atoms with E-state index in [1.807, 2.05) is 20.8 Å². The smallest absolute Gasteiger partial charge is 0.337 e. The van der Waals surface area contributed by atoms with Gasteiger partial charge in [-0.15, -0.1) is 0 Å². The standard InChI is InChI=1S/C15H22N2O3/c1-15(2,3)8-10(9-16)13(18)17-12-7-5-4-6-11(12)14(19)20/h4-7,10H,8-9,16H2,1-3H3,(H,17,18)(H,19,20). The van der Waals surface area contributed by atoms with Crippen LogP contribution in [-0.4, -0.2) is 23.5 Å². The van der Waals surface area contributed by atoms with E-state index < -0.39 is 5.97 Å². The Morgan fingerprint density at radius 1 is 1.30 bits per heavy atom. The number of anilines is 1. The molecule has 110 valence electrons. The highest BCUT2D eigenvalue weighted by Crippen LogP contribution is 2.25. The summed E-state index contributed by atoms with van der Waals surface area (Å²) in [4.78, 5) is 23.3. The lowest BCUT2D eigenvalue weighted by Crippen LogP contribution is -2.32. The quantitative estimate of drug-likeness (QED) is 0.770. The molecule has 20 heavy (non-hydrogen) atoms. The fourth-order valence-electron chi connectivity index (χ4n) is 2.04. The molecule has 0 fully saturated rings. The highest BCUT2D eigenvalue weighted by molar-refractivity contribution is 6.01. The summed E-state index contributed by atoms with van der Waals surface area (Å²) < 4.78 is 0. The van der Waals surface area contributed by atoms with Crippen LogP contribution in [0, 0.1) is 11.3 Å². The molecular weight excluding hydrogens is 256 g/mol. The molecule has 0 bridgehead atoms. The first-order chi connectivity index (χ1) is 9.24. The number of rotatable bonds is 5. The molecule has 0 aliphatic heterocycles. The number of carbonyl (C=O) groups is 2. The Morgan fingerprint density at radius 3 is 2.40 bits per heavy atom. The first kappa shape index (κ1) is 16.2. The Hall–Kier alpha value is -1.88. The van der Waals surface area contributed by atoms with E-state index in [1.54, 1.807) is 18.2 Å². The number of hydrogen-bond acceptors (Lipinski definition) is 3. The second kappa shape index (κ2) is 6.52. The zero-order valence-corrected chi connectivity index (χ0v) is 12.1. The summed E-state index contributed by atoms with van der Waals surface area (Å²) in [6.45, 7) is 6.34. The van der Waals surface area contributed by atoms with Crippen LogP contribution < -0.4 is 11.1 Å². The Kier molecular flexibility index (Phi) is 5.27. The van der Waals surface area contributed by atoms with Gasteiger partial charge in [0.15, 0.2) is 0 Å². The normalized spacial score (nSPS) is 12.8. The van der Waals surface area contributed by atoms with Gasteiger partial charge in [0.2, 0.25) is 5.91 Å². The van der Waals surface area contributed by atoms with E-state index in [9.17, 15) is 9.59 Å². The van der Waals surface area contributed by atoms with Crippen LogP contribution in [0.2, 0.25) is 0 Å². The van der Waals surface area contributed by atoms with Crippen molar-refractivity contribution in [2.45, 2.75) is 27.2 Å². The zero-order valence-electron chi connectivity index (χ0n) is 12.1. The molecule has 0 aliphatic rings. The molecule has 1 aromatic rings. The van der Waals surface area contributed by atoms with Crippen LogP contribution in [0.3, 0.4) is 0 Å². The Bertz CT molecular complexity index is 492. The molecule has 1 amide bonds. The summed E-state index contributed by atoms with van der Waals surface area (Å²) in [6, 6.07) is 6.34. The number of hydrogen-bond donors (Lipinski definition) is 3. The number of para-hydroxylation sites is 1. The number of benzene rings is 1. The molecule has 0 spiro atoms. The summed E-state index contributed by atoms with van der Waals surface area (Å²) in [5, 5.41) is 11.8. The number of nitrogens with one attached hydrogen (secondary N) is 1. The van der Waals surface area contributed by atoms with Crippen molar-refractivity contribution >= 4 is 17.6 Å². The Balaban J connectivity index is 2.87. The maximum absolute atomic E-state index is 12.2. The van der Waals surface area contributed by atoms with Gasteiger partial charge in [0, 0.05) is 6.54 Å². The first-order valence-corrected chi connectivity index (χ1v) is 6.58. The molecule has 0 heterocycles. The average Bonchev–Trinajstić information content (AvgIpc) is 2.35. The third kappa shape index (κ3) is 4.66. The van der Waals surface area contributed by atoms with Crippen LogP contribution in [-0.2, 0) is 4.79 Å². The monoisotopic (exact) mass is 278 g/mol. The van der Waals surface area contributed by atoms with E-state index in [4.69, 9.17) is 10.8 Å². The maximum atomic E-state index is 12.2. The van der Waals surface area contributed by atoms with Crippen molar-refractivity contribution < 1.29 is 14.7 Å². The third-order valence-corrected chi connectivity index (χ3v) is 2.93. The zero-order chi connectivity index (χ0) is 15.3. The summed E-state index contributed by atoms with van der Waals surface area (Å²) in [5.74, 6) is -1.64. The molecule has 5 heteroatoms. The van der Waals surface area contributed by atoms with E-state index in [1.165, 1.54) is 6.07 Å². The number of nitrogens with two attached hydrogens (primary N) is 1. The molecule has 0 radical (unpaired) electrons. The second-order valence-corrected chi connectivity index (χ2v) is 6.04. The van der Waals surface area contributed by atoms with Gasteiger partial charge in [0.1, 0.15) is 0 Å².